The number of hydrogen-bond donors (Lipinski definition) is 2. The van der Waals surface area contributed by atoms with E-state index in [0.717, 1.165) is 22.9 Å². The molecule has 0 radical (unpaired) electrons. The van der Waals surface area contributed by atoms with E-state index in [-0.39, 0.29) is 23.1 Å². The number of carbonyl (C=O) groups excluding carboxylic acids is 1. The minimum absolute atomic E-state index is 0.0626. The summed E-state index contributed by atoms with van der Waals surface area (Å²) in [6, 6.07) is 7.82. The molecule has 30 heavy (non-hydrogen) atoms. The molecule has 0 spiro atoms. The summed E-state index contributed by atoms with van der Waals surface area (Å²) in [7, 11) is 1.82. The number of nitrogen functional groups attached to an aromatic ring is 1. The van der Waals surface area contributed by atoms with Crippen molar-refractivity contribution in [3.8, 4) is 11.4 Å². The Bertz CT molecular complexity index is 1210. The van der Waals surface area contributed by atoms with E-state index in [2.05, 4.69) is 15.2 Å². The first-order chi connectivity index (χ1) is 14.2. The normalized spacial score (nSPS) is 11.2. The number of aryl methyl sites for hydroxylation is 1. The van der Waals surface area contributed by atoms with Crippen LogP contribution >= 0.6 is 11.8 Å². The Morgan fingerprint density at radius 2 is 1.93 bits per heavy atom. The lowest BCUT2D eigenvalue weighted by Crippen LogP contribution is -2.37. The molecule has 9 nitrogen and oxygen atoms in total. The fraction of sp³-hybridized carbons (Fsp3) is 0.350. The fourth-order valence-corrected chi connectivity index (χ4v) is 3.89. The number of carbonyl (C=O) groups is 1. The first-order valence-corrected chi connectivity index (χ1v) is 10.4. The predicted molar refractivity (Wildman–Crippen MR) is 117 cm³/mol. The number of nitrogens with one attached hydrogen (secondary N) is 1. The maximum atomic E-state index is 12.8. The highest BCUT2D eigenvalue weighted by molar-refractivity contribution is 7.99. The Morgan fingerprint density at radius 1 is 1.23 bits per heavy atom. The second-order valence-electron chi connectivity index (χ2n) is 7.42. The van der Waals surface area contributed by atoms with Crippen molar-refractivity contribution in [1.29, 1.82) is 0 Å². The summed E-state index contributed by atoms with van der Waals surface area (Å²) in [4.78, 5) is 39.2. The first kappa shape index (κ1) is 21.6. The SMILES string of the molecule is Cc1ccccc1-c1nnc(SCC(=O)c2c(N)n(CC(C)C)c(=O)[nH]c2=O)n1C. The summed E-state index contributed by atoms with van der Waals surface area (Å²) in [5, 5.41) is 8.93. The molecule has 0 bridgehead atoms. The van der Waals surface area contributed by atoms with Crippen molar-refractivity contribution in [2.24, 2.45) is 13.0 Å². The average Bonchev–Trinajstić information content (AvgIpc) is 3.04. The monoisotopic (exact) mass is 428 g/mol. The zero-order valence-corrected chi connectivity index (χ0v) is 18.1. The van der Waals surface area contributed by atoms with Gasteiger partial charge < -0.3 is 10.3 Å². The number of rotatable bonds is 7. The van der Waals surface area contributed by atoms with Crippen LogP contribution in [0.2, 0.25) is 0 Å². The molecule has 2 heterocycles. The van der Waals surface area contributed by atoms with Crippen LogP contribution in [0.15, 0.2) is 39.0 Å². The second kappa shape index (κ2) is 8.70. The standard InChI is InChI=1S/C20H24N6O3S/c1-11(2)9-26-16(21)15(18(28)22-19(26)29)14(27)10-30-20-24-23-17(25(20)4)13-8-6-5-7-12(13)3/h5-8,11H,9-10,21H2,1-4H3,(H,22,28,29). The van der Waals surface area contributed by atoms with Crippen LogP contribution in [0.5, 0.6) is 0 Å². The number of aromatic amines is 1. The minimum atomic E-state index is -0.776. The molecule has 0 unspecified atom stereocenters. The van der Waals surface area contributed by atoms with Crippen LogP contribution in [-0.2, 0) is 13.6 Å². The molecule has 0 saturated heterocycles. The van der Waals surface area contributed by atoms with Crippen molar-refractivity contribution in [1.82, 2.24) is 24.3 Å². The molecule has 0 aliphatic rings. The van der Waals surface area contributed by atoms with E-state index >= 15 is 0 Å². The Balaban J connectivity index is 1.85. The summed E-state index contributed by atoms with van der Waals surface area (Å²) < 4.78 is 3.02. The van der Waals surface area contributed by atoms with Gasteiger partial charge in [-0.3, -0.25) is 19.1 Å². The third-order valence-corrected chi connectivity index (χ3v) is 5.64. The molecule has 1 aromatic carbocycles. The van der Waals surface area contributed by atoms with Gasteiger partial charge >= 0.3 is 5.69 Å². The molecule has 3 rings (SSSR count). The molecule has 0 atom stereocenters. The summed E-state index contributed by atoms with van der Waals surface area (Å²) in [6.07, 6.45) is 0. The van der Waals surface area contributed by atoms with Gasteiger partial charge in [0.05, 0.1) is 5.75 Å². The van der Waals surface area contributed by atoms with E-state index < -0.39 is 17.0 Å². The third kappa shape index (κ3) is 4.23. The van der Waals surface area contributed by atoms with Gasteiger partial charge in [0.15, 0.2) is 16.8 Å². The Hall–Kier alpha value is -3.14. The number of nitrogens with zero attached hydrogens (tertiary/aromatic N) is 4. The Kier molecular flexibility index (Phi) is 6.25. The number of aromatic nitrogens is 5. The second-order valence-corrected chi connectivity index (χ2v) is 8.36. The van der Waals surface area contributed by atoms with Gasteiger partial charge in [-0.2, -0.15) is 0 Å². The summed E-state index contributed by atoms with van der Waals surface area (Å²) in [5.74, 6) is 0.156. The first-order valence-electron chi connectivity index (χ1n) is 9.44. The topological polar surface area (TPSA) is 129 Å². The molecular formula is C20H24N6O3S. The van der Waals surface area contributed by atoms with E-state index in [1.54, 1.807) is 4.57 Å². The zero-order valence-electron chi connectivity index (χ0n) is 17.3. The summed E-state index contributed by atoms with van der Waals surface area (Å²) >= 11 is 1.16. The Labute approximate surface area is 177 Å². The maximum Gasteiger partial charge on any atom is 0.329 e. The Morgan fingerprint density at radius 3 is 2.60 bits per heavy atom. The van der Waals surface area contributed by atoms with Gasteiger partial charge in [0.2, 0.25) is 0 Å². The smallest absolute Gasteiger partial charge is 0.329 e. The summed E-state index contributed by atoms with van der Waals surface area (Å²) in [5.41, 5.74) is 6.42. The van der Waals surface area contributed by atoms with Gasteiger partial charge in [-0.25, -0.2) is 4.79 Å². The molecule has 0 saturated carbocycles. The van der Waals surface area contributed by atoms with E-state index in [0.29, 0.717) is 17.5 Å². The van der Waals surface area contributed by atoms with Crippen molar-refractivity contribution in [2.75, 3.05) is 11.5 Å². The number of nitrogens with two attached hydrogens (primary N) is 1. The van der Waals surface area contributed by atoms with Gasteiger partial charge in [0.25, 0.3) is 5.56 Å². The minimum Gasteiger partial charge on any atom is -0.384 e. The summed E-state index contributed by atoms with van der Waals surface area (Å²) in [6.45, 7) is 6.11. The molecule has 0 aliphatic carbocycles. The molecular weight excluding hydrogens is 404 g/mol. The number of ketones is 1. The quantitative estimate of drug-likeness (QED) is 0.434. The molecule has 3 aromatic rings. The van der Waals surface area contributed by atoms with E-state index in [9.17, 15) is 14.4 Å². The van der Waals surface area contributed by atoms with E-state index in [1.165, 1.54) is 4.57 Å². The highest BCUT2D eigenvalue weighted by Crippen LogP contribution is 2.25. The van der Waals surface area contributed by atoms with Crippen LogP contribution in [-0.4, -0.2) is 35.9 Å². The number of benzene rings is 1. The van der Waals surface area contributed by atoms with Crippen LogP contribution in [0.1, 0.15) is 29.8 Å². The van der Waals surface area contributed by atoms with Crippen molar-refractivity contribution in [3.63, 3.8) is 0 Å². The number of Topliss-reactive ketones (excluding diaryl/α,β-unsaturated/α-hetero) is 1. The van der Waals surface area contributed by atoms with E-state index in [4.69, 9.17) is 5.73 Å². The molecule has 0 aliphatic heterocycles. The number of H-pyrrole nitrogens is 1. The number of hydrogen-bond acceptors (Lipinski definition) is 7. The van der Waals surface area contributed by atoms with Crippen LogP contribution in [0.4, 0.5) is 5.82 Å². The van der Waals surface area contributed by atoms with Crippen LogP contribution in [0.3, 0.4) is 0 Å². The number of thioether (sulfide) groups is 1. The predicted octanol–water partition coefficient (Wildman–Crippen LogP) is 1.85. The average molecular weight is 429 g/mol. The van der Waals surface area contributed by atoms with Gasteiger partial charge in [-0.1, -0.05) is 49.9 Å². The molecule has 2 aromatic heterocycles. The van der Waals surface area contributed by atoms with Crippen LogP contribution in [0.25, 0.3) is 11.4 Å². The molecule has 3 N–H and O–H groups in total. The zero-order chi connectivity index (χ0) is 22.0. The lowest BCUT2D eigenvalue weighted by Gasteiger charge is -2.13. The largest absolute Gasteiger partial charge is 0.384 e. The molecule has 0 fully saturated rings. The van der Waals surface area contributed by atoms with Gasteiger partial charge in [-0.15, -0.1) is 10.2 Å². The van der Waals surface area contributed by atoms with Crippen molar-refractivity contribution < 1.29 is 4.79 Å². The highest BCUT2D eigenvalue weighted by Gasteiger charge is 2.21. The molecule has 10 heteroatoms. The lowest BCUT2D eigenvalue weighted by molar-refractivity contribution is 0.102. The van der Waals surface area contributed by atoms with Crippen LogP contribution < -0.4 is 17.0 Å². The number of anilines is 1. The molecule has 0 amide bonds. The van der Waals surface area contributed by atoms with Crippen LogP contribution in [0, 0.1) is 12.8 Å². The van der Waals surface area contributed by atoms with Crippen molar-refractivity contribution >= 4 is 23.4 Å². The van der Waals surface area contributed by atoms with Gasteiger partial charge in [-0.05, 0) is 18.4 Å². The van der Waals surface area contributed by atoms with Crippen molar-refractivity contribution in [2.45, 2.75) is 32.5 Å². The van der Waals surface area contributed by atoms with Crippen molar-refractivity contribution in [3.05, 3.63) is 56.2 Å². The maximum absolute atomic E-state index is 12.8. The molecule has 158 valence electrons. The lowest BCUT2D eigenvalue weighted by atomic mass is 10.1. The fourth-order valence-electron chi connectivity index (χ4n) is 3.10. The van der Waals surface area contributed by atoms with E-state index in [1.807, 2.05) is 52.1 Å². The van der Waals surface area contributed by atoms with Gasteiger partial charge in [0.1, 0.15) is 11.4 Å². The highest BCUT2D eigenvalue weighted by atomic mass is 32.2. The van der Waals surface area contributed by atoms with Gasteiger partial charge in [0, 0.05) is 19.2 Å². The third-order valence-electron chi connectivity index (χ3n) is 4.62.